The van der Waals surface area contributed by atoms with Crippen molar-refractivity contribution in [1.82, 2.24) is 0 Å². The van der Waals surface area contributed by atoms with E-state index in [2.05, 4.69) is 93.9 Å². The normalized spacial score (nSPS) is 15.2. The van der Waals surface area contributed by atoms with Gasteiger partial charge in [-0.2, -0.15) is 0 Å². The SMILES string of the molecule is CC(C)=CCC/C(C)=C/CC/C(C)=C/CC/C=C(\C)CC/C=C(\C)CCC=C(C)C(O)Br. The van der Waals surface area contributed by atoms with E-state index in [0.717, 1.165) is 50.5 Å². The van der Waals surface area contributed by atoms with E-state index in [1.807, 2.05) is 6.92 Å². The zero-order valence-corrected chi connectivity index (χ0v) is 23.5. The summed E-state index contributed by atoms with van der Waals surface area (Å²) in [6.45, 7) is 15.3. The van der Waals surface area contributed by atoms with Crippen molar-refractivity contribution in [2.24, 2.45) is 0 Å². The van der Waals surface area contributed by atoms with Crippen LogP contribution in [-0.4, -0.2) is 10.1 Å². The Hall–Kier alpha value is -1.12. The Labute approximate surface area is 208 Å². The third-order valence-corrected chi connectivity index (χ3v) is 6.41. The summed E-state index contributed by atoms with van der Waals surface area (Å²) in [5.74, 6) is 0. The first-order chi connectivity index (χ1) is 15.1. The fraction of sp³-hybridized carbons (Fsp3) is 0.600. The van der Waals surface area contributed by atoms with Gasteiger partial charge in [-0.15, -0.1) is 0 Å². The smallest absolute Gasteiger partial charge is 0.130 e. The van der Waals surface area contributed by atoms with Gasteiger partial charge in [-0.25, -0.2) is 0 Å². The predicted molar refractivity (Wildman–Crippen MR) is 149 cm³/mol. The Morgan fingerprint density at radius 2 is 0.844 bits per heavy atom. The zero-order chi connectivity index (χ0) is 24.4. The number of alkyl halides is 1. The maximum Gasteiger partial charge on any atom is 0.130 e. The van der Waals surface area contributed by atoms with E-state index in [0.29, 0.717) is 0 Å². The molecule has 1 nitrogen and oxygen atoms in total. The summed E-state index contributed by atoms with van der Waals surface area (Å²) >= 11 is 3.18. The van der Waals surface area contributed by atoms with Crippen LogP contribution in [0.2, 0.25) is 0 Å². The Morgan fingerprint density at radius 3 is 1.19 bits per heavy atom. The van der Waals surface area contributed by atoms with Gasteiger partial charge in [0.2, 0.25) is 0 Å². The van der Waals surface area contributed by atoms with Crippen LogP contribution in [0.5, 0.6) is 0 Å². The van der Waals surface area contributed by atoms with Crippen molar-refractivity contribution in [1.29, 1.82) is 0 Å². The number of aliphatic hydroxyl groups excluding tert-OH is 1. The highest BCUT2D eigenvalue weighted by atomic mass is 79.9. The van der Waals surface area contributed by atoms with E-state index in [1.165, 1.54) is 47.1 Å². The third-order valence-electron chi connectivity index (χ3n) is 5.69. The number of hydrogen-bond acceptors (Lipinski definition) is 1. The van der Waals surface area contributed by atoms with Crippen molar-refractivity contribution in [2.45, 2.75) is 118 Å². The lowest BCUT2D eigenvalue weighted by Crippen LogP contribution is -1.95. The molecule has 0 amide bonds. The maximum atomic E-state index is 9.43. The molecule has 0 saturated carbocycles. The van der Waals surface area contributed by atoms with Crippen molar-refractivity contribution in [3.8, 4) is 0 Å². The summed E-state index contributed by atoms with van der Waals surface area (Å²) in [5, 5.41) is 8.91. The summed E-state index contributed by atoms with van der Waals surface area (Å²) in [4.78, 5) is 0. The molecule has 2 heteroatoms. The van der Waals surface area contributed by atoms with Crippen molar-refractivity contribution < 1.29 is 5.11 Å². The second-order valence-corrected chi connectivity index (χ2v) is 10.4. The summed E-state index contributed by atoms with van der Waals surface area (Å²) in [5.41, 5.74) is 8.36. The molecule has 1 N–H and O–H groups in total. The first-order valence-electron chi connectivity index (χ1n) is 12.4. The molecule has 182 valence electrons. The molecule has 0 rings (SSSR count). The van der Waals surface area contributed by atoms with Crippen LogP contribution < -0.4 is 0 Å². The summed E-state index contributed by atoms with van der Waals surface area (Å²) in [7, 11) is 0. The van der Waals surface area contributed by atoms with Gasteiger partial charge in [0.25, 0.3) is 0 Å². The topological polar surface area (TPSA) is 20.2 Å². The molecule has 0 spiro atoms. The second-order valence-electron chi connectivity index (χ2n) is 9.50. The van der Waals surface area contributed by atoms with Crippen LogP contribution in [0.15, 0.2) is 69.9 Å². The Kier molecular flexibility index (Phi) is 18.7. The van der Waals surface area contributed by atoms with Gasteiger partial charge >= 0.3 is 0 Å². The molecule has 1 atom stereocenters. The highest BCUT2D eigenvalue weighted by Gasteiger charge is 1.99. The molecule has 0 bridgehead atoms. The summed E-state index contributed by atoms with van der Waals surface area (Å²) < 4.78 is 0. The largest absolute Gasteiger partial charge is 0.378 e. The lowest BCUT2D eigenvalue weighted by Gasteiger charge is -2.04. The van der Waals surface area contributed by atoms with Crippen LogP contribution >= 0.6 is 15.9 Å². The van der Waals surface area contributed by atoms with E-state index >= 15 is 0 Å². The third kappa shape index (κ3) is 19.6. The van der Waals surface area contributed by atoms with E-state index < -0.39 is 5.01 Å². The van der Waals surface area contributed by atoms with E-state index in [-0.39, 0.29) is 0 Å². The average Bonchev–Trinajstić information content (AvgIpc) is 2.70. The number of allylic oxidation sites excluding steroid dienone is 11. The number of halogens is 1. The van der Waals surface area contributed by atoms with Gasteiger partial charge < -0.3 is 5.11 Å². The van der Waals surface area contributed by atoms with Crippen molar-refractivity contribution >= 4 is 15.9 Å². The van der Waals surface area contributed by atoms with Crippen LogP contribution in [0.1, 0.15) is 113 Å². The molecule has 0 aliphatic heterocycles. The minimum absolute atomic E-state index is 0.512. The number of hydrogen-bond donors (Lipinski definition) is 1. The van der Waals surface area contributed by atoms with Gasteiger partial charge in [-0.3, -0.25) is 0 Å². The van der Waals surface area contributed by atoms with Gasteiger partial charge in [0.1, 0.15) is 5.01 Å². The van der Waals surface area contributed by atoms with Crippen molar-refractivity contribution in [3.63, 3.8) is 0 Å². The molecule has 0 aromatic rings. The highest BCUT2D eigenvalue weighted by molar-refractivity contribution is 9.09. The molecular weight excluding hydrogens is 456 g/mol. The van der Waals surface area contributed by atoms with E-state index in [1.54, 1.807) is 0 Å². The molecular formula is C30H49BrO. The van der Waals surface area contributed by atoms with E-state index in [4.69, 9.17) is 0 Å². The van der Waals surface area contributed by atoms with E-state index in [9.17, 15) is 5.11 Å². The minimum atomic E-state index is -0.512. The van der Waals surface area contributed by atoms with Crippen molar-refractivity contribution in [2.75, 3.05) is 0 Å². The monoisotopic (exact) mass is 504 g/mol. The number of rotatable bonds is 16. The standard InChI is InChI=1S/C30H49BrO/c1-24(2)14-10-17-27(5)20-11-18-25(3)15-8-9-16-26(4)19-12-21-28(6)22-13-23-29(7)30(31)32/h14-16,20-21,23,30,32H,8-13,17-19,22H2,1-7H3/b25-15+,26-16+,27-20+,28-21+,29-23?. The minimum Gasteiger partial charge on any atom is -0.378 e. The van der Waals surface area contributed by atoms with Gasteiger partial charge in [-0.05, 0) is 118 Å². The summed E-state index contributed by atoms with van der Waals surface area (Å²) in [6, 6.07) is 0. The Balaban J connectivity index is 4.10. The van der Waals surface area contributed by atoms with Crippen molar-refractivity contribution in [3.05, 3.63) is 69.9 Å². The fourth-order valence-corrected chi connectivity index (χ4v) is 3.56. The molecule has 0 radical (unpaired) electrons. The maximum absolute atomic E-state index is 9.43. The quantitative estimate of drug-likeness (QED) is 0.126. The molecule has 0 fully saturated rings. The van der Waals surface area contributed by atoms with Crippen LogP contribution in [0.4, 0.5) is 0 Å². The summed E-state index contributed by atoms with van der Waals surface area (Å²) in [6.07, 6.45) is 25.3. The number of unbranched alkanes of at least 4 members (excludes halogenated alkanes) is 1. The number of aliphatic hydroxyl groups is 1. The average molecular weight is 506 g/mol. The highest BCUT2D eigenvalue weighted by Crippen LogP contribution is 2.15. The molecule has 32 heavy (non-hydrogen) atoms. The van der Waals surface area contributed by atoms with Gasteiger partial charge in [-0.1, -0.05) is 80.3 Å². The Morgan fingerprint density at radius 1 is 0.531 bits per heavy atom. The van der Waals surface area contributed by atoms with Gasteiger partial charge in [0, 0.05) is 0 Å². The zero-order valence-electron chi connectivity index (χ0n) is 21.9. The molecule has 0 aliphatic carbocycles. The molecule has 0 aromatic carbocycles. The molecule has 1 unspecified atom stereocenters. The van der Waals surface area contributed by atoms with Crippen LogP contribution in [0, 0.1) is 0 Å². The Bertz CT molecular complexity index is 694. The molecule has 0 aromatic heterocycles. The second kappa shape index (κ2) is 19.4. The first kappa shape index (κ1) is 30.9. The van der Waals surface area contributed by atoms with Crippen LogP contribution in [0.3, 0.4) is 0 Å². The lowest BCUT2D eigenvalue weighted by atomic mass is 10.0. The molecule has 0 heterocycles. The van der Waals surface area contributed by atoms with Crippen LogP contribution in [-0.2, 0) is 0 Å². The predicted octanol–water partition coefficient (Wildman–Crippen LogP) is 10.3. The van der Waals surface area contributed by atoms with Gasteiger partial charge in [0.15, 0.2) is 0 Å². The van der Waals surface area contributed by atoms with Gasteiger partial charge in [0.05, 0.1) is 0 Å². The molecule has 0 aliphatic rings. The molecule has 0 saturated heterocycles. The fourth-order valence-electron chi connectivity index (χ4n) is 3.37. The van der Waals surface area contributed by atoms with Crippen LogP contribution in [0.25, 0.3) is 0 Å². The lowest BCUT2D eigenvalue weighted by molar-refractivity contribution is 0.304. The first-order valence-corrected chi connectivity index (χ1v) is 13.3.